The number of carbonyl (C=O) groups excluding carboxylic acids is 2. The lowest BCUT2D eigenvalue weighted by molar-refractivity contribution is 0.0258. The van der Waals surface area contributed by atoms with Gasteiger partial charge in [0.05, 0.1) is 48.1 Å². The Kier molecular flexibility index (Phi) is 15.4. The number of hydrogen-bond donors (Lipinski definition) is 3. The Bertz CT molecular complexity index is 2970. The highest BCUT2D eigenvalue weighted by molar-refractivity contribution is 7.47. The predicted molar refractivity (Wildman–Crippen MR) is 267 cm³/mol. The predicted octanol–water partition coefficient (Wildman–Crippen LogP) is 7.93. The minimum Gasteiger partial charge on any atom is -0.379 e. The molecule has 8 aromatic heterocycles. The zero-order valence-electron chi connectivity index (χ0n) is 39.7. The fourth-order valence-electron chi connectivity index (χ4n) is 8.72. The fraction of sp³-hybridized carbons (Fsp3) is 0.391. The van der Waals surface area contributed by atoms with E-state index in [0.29, 0.717) is 68.8 Å². The monoisotopic (exact) mass is 1050 g/mol. The van der Waals surface area contributed by atoms with Crippen molar-refractivity contribution in [3.05, 3.63) is 96.2 Å². The van der Waals surface area contributed by atoms with E-state index in [1.54, 1.807) is 60.1 Å². The third-order valence-corrected chi connectivity index (χ3v) is 15.0. The van der Waals surface area contributed by atoms with E-state index in [-0.39, 0.29) is 35.7 Å². The molecule has 0 bridgehead atoms. The van der Waals surface area contributed by atoms with Crippen molar-refractivity contribution in [1.29, 1.82) is 0 Å². The molecule has 2 amide bonds. The summed E-state index contributed by atoms with van der Waals surface area (Å²) in [6.07, 6.45) is 24.0. The molecule has 2 aliphatic carbocycles. The summed E-state index contributed by atoms with van der Waals surface area (Å²) in [5.41, 5.74) is 3.27. The van der Waals surface area contributed by atoms with E-state index in [9.17, 15) is 19.0 Å². The standard InChI is InChI=1S/C46H51N16O8PS2/c1-3-67-33-11-7-31(8-12-33)61-23-35(39(57-61)41-47-15-5-16-48-41)53-43(63)37-25-72-45(55-37)29-19-51-59(21-29)27-69-71(65,66)70-28-60-22-30(20-52-60)46-56-38(26-73-46)44(64)54-36-24-62(32-9-13-34(14-10-32)68-4-2)58-40(36)42-49-17-6-18-50-42/h5-6,15-26,31-34H,3-4,7-14,27-28H2,1-2H3,(H,53,63)(H,54,64)(H,65,66). The summed E-state index contributed by atoms with van der Waals surface area (Å²) >= 11 is 2.46. The first-order valence-corrected chi connectivity index (χ1v) is 27.0. The zero-order valence-corrected chi connectivity index (χ0v) is 42.2. The maximum Gasteiger partial charge on any atom is 0.475 e. The average Bonchev–Trinajstić information content (AvgIpc) is 4.28. The molecule has 2 fully saturated rings. The Hall–Kier alpha value is -6.77. The van der Waals surface area contributed by atoms with Crippen LogP contribution < -0.4 is 10.6 Å². The number of amides is 2. The van der Waals surface area contributed by atoms with E-state index < -0.39 is 33.1 Å². The van der Waals surface area contributed by atoms with Crippen LogP contribution in [0.2, 0.25) is 0 Å². The lowest BCUT2D eigenvalue weighted by atomic mass is 9.93. The highest BCUT2D eigenvalue weighted by Crippen LogP contribution is 2.44. The average molecular weight is 1050 g/mol. The number of carbonyl (C=O) groups is 2. The van der Waals surface area contributed by atoms with Crippen LogP contribution in [0.1, 0.15) is 98.3 Å². The number of rotatable bonds is 20. The first kappa shape index (κ1) is 49.8. The Morgan fingerprint density at radius 3 is 1.45 bits per heavy atom. The van der Waals surface area contributed by atoms with Crippen molar-refractivity contribution in [2.24, 2.45) is 0 Å². The number of thiazole rings is 2. The number of hydrogen-bond acceptors (Lipinski definition) is 19. The molecule has 0 radical (unpaired) electrons. The summed E-state index contributed by atoms with van der Waals surface area (Å²) in [6.45, 7) is 4.51. The third-order valence-electron chi connectivity index (χ3n) is 12.3. The summed E-state index contributed by atoms with van der Waals surface area (Å²) in [6, 6.07) is 3.70. The molecule has 0 saturated heterocycles. The number of ether oxygens (including phenoxy) is 2. The Balaban J connectivity index is 0.718. The highest BCUT2D eigenvalue weighted by atomic mass is 32.1. The van der Waals surface area contributed by atoms with Crippen LogP contribution in [-0.4, -0.2) is 111 Å². The van der Waals surface area contributed by atoms with Gasteiger partial charge in [0.2, 0.25) is 0 Å². The smallest absolute Gasteiger partial charge is 0.379 e. The van der Waals surface area contributed by atoms with Crippen LogP contribution in [0.5, 0.6) is 0 Å². The van der Waals surface area contributed by atoms with Crippen molar-refractivity contribution in [3.63, 3.8) is 0 Å². The lowest BCUT2D eigenvalue weighted by Gasteiger charge is -2.28. The van der Waals surface area contributed by atoms with Crippen molar-refractivity contribution >= 4 is 53.7 Å². The van der Waals surface area contributed by atoms with E-state index >= 15 is 0 Å². The molecular formula is C46H51N16O8PS2. The van der Waals surface area contributed by atoms with Crippen molar-refractivity contribution in [2.75, 3.05) is 23.8 Å². The maximum atomic E-state index is 13.6. The summed E-state index contributed by atoms with van der Waals surface area (Å²) < 4.78 is 41.4. The molecule has 27 heteroatoms. The van der Waals surface area contributed by atoms with Gasteiger partial charge >= 0.3 is 7.82 Å². The van der Waals surface area contributed by atoms with Gasteiger partial charge in [-0.05, 0) is 77.3 Å². The van der Waals surface area contributed by atoms with Crippen LogP contribution in [0.3, 0.4) is 0 Å². The summed E-state index contributed by atoms with van der Waals surface area (Å²) in [4.78, 5) is 64.3. The van der Waals surface area contributed by atoms with Crippen LogP contribution >= 0.6 is 30.5 Å². The molecule has 8 heterocycles. The molecule has 0 spiro atoms. The molecule has 2 saturated carbocycles. The number of phosphoric ester groups is 1. The normalized spacial score (nSPS) is 18.9. The number of nitrogens with one attached hydrogen (secondary N) is 2. The second-order valence-electron chi connectivity index (χ2n) is 17.2. The van der Waals surface area contributed by atoms with Gasteiger partial charge in [0.25, 0.3) is 11.8 Å². The Labute approximate surface area is 425 Å². The SMILES string of the molecule is CCOC1CCC(n2cc(NC(=O)c3csc(-c4cnn(COP(=O)(O)OCn5cc(-c6nc(C(=O)Nc7cn(C8CCC(OCC)CC8)nc7-c7ncccn7)cs6)cn5)c4)n3)c(-c3ncccn3)n2)CC1. The van der Waals surface area contributed by atoms with Gasteiger partial charge in [-0.15, -0.1) is 22.7 Å². The molecule has 0 unspecified atom stereocenters. The minimum absolute atomic E-state index is 0.138. The third kappa shape index (κ3) is 12.0. The van der Waals surface area contributed by atoms with Gasteiger partial charge in [0.1, 0.15) is 21.4 Å². The van der Waals surface area contributed by atoms with Crippen LogP contribution in [0.25, 0.3) is 44.2 Å². The van der Waals surface area contributed by atoms with Gasteiger partial charge < -0.3 is 25.0 Å². The molecule has 380 valence electrons. The van der Waals surface area contributed by atoms with E-state index in [0.717, 1.165) is 51.4 Å². The van der Waals surface area contributed by atoms with Gasteiger partial charge in [-0.3, -0.25) is 28.0 Å². The molecule has 0 aromatic carbocycles. The zero-order chi connectivity index (χ0) is 50.3. The van der Waals surface area contributed by atoms with Crippen LogP contribution in [-0.2, 0) is 36.5 Å². The maximum absolute atomic E-state index is 13.6. The number of anilines is 2. The molecule has 8 aromatic rings. The van der Waals surface area contributed by atoms with Crippen molar-refractivity contribution in [3.8, 4) is 44.2 Å². The molecule has 2 aliphatic rings. The summed E-state index contributed by atoms with van der Waals surface area (Å²) in [5.74, 6) is -0.127. The number of nitrogens with zero attached hydrogens (tertiary/aromatic N) is 14. The molecule has 10 rings (SSSR count). The second-order valence-corrected chi connectivity index (χ2v) is 20.3. The first-order chi connectivity index (χ1) is 35.6. The van der Waals surface area contributed by atoms with Crippen LogP contribution in [0, 0.1) is 0 Å². The van der Waals surface area contributed by atoms with E-state index in [2.05, 4.69) is 50.7 Å². The molecular weight excluding hydrogens is 1000 g/mol. The summed E-state index contributed by atoms with van der Waals surface area (Å²) in [5, 5.41) is 28.2. The fourth-order valence-corrected chi connectivity index (χ4v) is 10.9. The lowest BCUT2D eigenvalue weighted by Crippen LogP contribution is -2.24. The number of aromatic nitrogens is 14. The number of phosphoric acid groups is 1. The second kappa shape index (κ2) is 22.6. The van der Waals surface area contributed by atoms with Crippen LogP contribution in [0.4, 0.5) is 11.4 Å². The van der Waals surface area contributed by atoms with Crippen LogP contribution in [0.15, 0.2) is 84.9 Å². The van der Waals surface area contributed by atoms with Crippen molar-refractivity contribution in [2.45, 2.75) is 103 Å². The van der Waals surface area contributed by atoms with E-state index in [4.69, 9.17) is 28.7 Å². The van der Waals surface area contributed by atoms with Gasteiger partial charge in [-0.25, -0.2) is 43.8 Å². The highest BCUT2D eigenvalue weighted by Gasteiger charge is 2.29. The molecule has 0 atom stereocenters. The Morgan fingerprint density at radius 1 is 0.644 bits per heavy atom. The van der Waals surface area contributed by atoms with Gasteiger partial charge in [0.15, 0.2) is 36.5 Å². The summed E-state index contributed by atoms with van der Waals surface area (Å²) in [7, 11) is -4.61. The first-order valence-electron chi connectivity index (χ1n) is 23.8. The van der Waals surface area contributed by atoms with Crippen molar-refractivity contribution < 1.29 is 37.6 Å². The topological polar surface area (TPSA) is 281 Å². The van der Waals surface area contributed by atoms with Gasteiger partial charge in [0, 0.05) is 84.7 Å². The van der Waals surface area contributed by atoms with Gasteiger partial charge in [-0.2, -0.15) is 20.4 Å². The molecule has 3 N–H and O–H groups in total. The van der Waals surface area contributed by atoms with Crippen molar-refractivity contribution in [1.82, 2.24) is 69.0 Å². The molecule has 0 aliphatic heterocycles. The van der Waals surface area contributed by atoms with E-state index in [1.807, 2.05) is 35.6 Å². The molecule has 73 heavy (non-hydrogen) atoms. The van der Waals surface area contributed by atoms with Gasteiger partial charge in [-0.1, -0.05) is 0 Å². The largest absolute Gasteiger partial charge is 0.475 e. The minimum atomic E-state index is -4.61. The quantitative estimate of drug-likeness (QED) is 0.0611. The van der Waals surface area contributed by atoms with E-state index in [1.165, 1.54) is 44.4 Å². The Morgan fingerprint density at radius 2 is 1.05 bits per heavy atom. The molecule has 24 nitrogen and oxygen atoms in total.